The van der Waals surface area contributed by atoms with Crippen LogP contribution < -0.4 is 5.73 Å². The van der Waals surface area contributed by atoms with E-state index >= 15 is 0 Å². The number of carbonyl (C=O) groups excluding carboxylic acids is 1. The van der Waals surface area contributed by atoms with Crippen molar-refractivity contribution in [1.82, 2.24) is 0 Å². The van der Waals surface area contributed by atoms with E-state index in [1.54, 1.807) is 0 Å². The van der Waals surface area contributed by atoms with Crippen molar-refractivity contribution in [2.75, 3.05) is 12.3 Å². The third-order valence-corrected chi connectivity index (χ3v) is 3.52. The summed E-state index contributed by atoms with van der Waals surface area (Å²) in [6.07, 6.45) is 1.79. The van der Waals surface area contributed by atoms with Crippen molar-refractivity contribution < 1.29 is 9.53 Å². The molecule has 0 saturated carbocycles. The van der Waals surface area contributed by atoms with Gasteiger partial charge in [-0.3, -0.25) is 4.79 Å². The van der Waals surface area contributed by atoms with Crippen LogP contribution in [0.1, 0.15) is 26.7 Å². The molecule has 94 valence electrons. The molecule has 0 aromatic heterocycles. The number of anilines is 1. The summed E-state index contributed by atoms with van der Waals surface area (Å²) in [5.74, 6) is -0.129. The predicted molar refractivity (Wildman–Crippen MR) is 72.0 cm³/mol. The van der Waals surface area contributed by atoms with Crippen LogP contribution in [0.5, 0.6) is 0 Å². The van der Waals surface area contributed by atoms with Crippen LogP contribution >= 0.6 is 11.8 Å². The largest absolute Gasteiger partial charge is 0.465 e. The van der Waals surface area contributed by atoms with Gasteiger partial charge >= 0.3 is 5.97 Å². The average Bonchev–Trinajstić information content (AvgIpc) is 2.31. The molecule has 3 nitrogen and oxygen atoms in total. The zero-order valence-electron chi connectivity index (χ0n) is 10.3. The summed E-state index contributed by atoms with van der Waals surface area (Å²) in [7, 11) is 0. The second-order valence-electron chi connectivity index (χ2n) is 3.72. The van der Waals surface area contributed by atoms with E-state index in [0.717, 1.165) is 23.4 Å². The molecule has 0 spiro atoms. The van der Waals surface area contributed by atoms with E-state index < -0.39 is 0 Å². The minimum Gasteiger partial charge on any atom is -0.465 e. The molecular formula is C13H19NO2S. The van der Waals surface area contributed by atoms with Gasteiger partial charge in [0.15, 0.2) is 0 Å². The molecule has 0 aliphatic rings. The number of ether oxygens (including phenoxy) is 1. The Kier molecular flexibility index (Phi) is 5.91. The van der Waals surface area contributed by atoms with Gasteiger partial charge in [-0.1, -0.05) is 13.3 Å². The maximum atomic E-state index is 11.7. The first-order valence-corrected chi connectivity index (χ1v) is 6.74. The highest BCUT2D eigenvalue weighted by Crippen LogP contribution is 2.27. The second kappa shape index (κ2) is 7.22. The van der Waals surface area contributed by atoms with Crippen LogP contribution in [-0.4, -0.2) is 17.8 Å². The summed E-state index contributed by atoms with van der Waals surface area (Å²) in [6.45, 7) is 4.33. The van der Waals surface area contributed by atoms with E-state index in [0.29, 0.717) is 6.61 Å². The van der Waals surface area contributed by atoms with E-state index in [9.17, 15) is 4.79 Å². The Bertz CT molecular complexity index is 351. The number of rotatable bonds is 6. The fraction of sp³-hybridized carbons (Fsp3) is 0.462. The Morgan fingerprint density at radius 1 is 1.35 bits per heavy atom. The molecule has 4 heteroatoms. The normalized spacial score (nSPS) is 12.1. The lowest BCUT2D eigenvalue weighted by Crippen LogP contribution is -2.20. The van der Waals surface area contributed by atoms with Crippen molar-refractivity contribution in [1.29, 1.82) is 0 Å². The molecule has 1 aromatic rings. The van der Waals surface area contributed by atoms with Crippen LogP contribution in [0, 0.1) is 0 Å². The Morgan fingerprint density at radius 2 is 2.00 bits per heavy atom. The van der Waals surface area contributed by atoms with E-state index in [4.69, 9.17) is 10.5 Å². The van der Waals surface area contributed by atoms with Crippen LogP contribution in [0.3, 0.4) is 0 Å². The number of nitrogens with two attached hydrogens (primary N) is 1. The standard InChI is InChI=1S/C13H19NO2S/c1-3-5-12(13(15)16-4-2)17-11-8-6-10(14)7-9-11/h6-9,12H,3-5,14H2,1-2H3. The lowest BCUT2D eigenvalue weighted by Gasteiger charge is -2.14. The molecule has 0 amide bonds. The van der Waals surface area contributed by atoms with Gasteiger partial charge in [-0.05, 0) is 37.6 Å². The molecule has 0 aliphatic carbocycles. The van der Waals surface area contributed by atoms with Crippen LogP contribution in [0.4, 0.5) is 5.69 Å². The number of esters is 1. The summed E-state index contributed by atoms with van der Waals surface area (Å²) in [5, 5.41) is -0.122. The molecule has 1 unspecified atom stereocenters. The Labute approximate surface area is 107 Å². The Hall–Kier alpha value is -1.16. The second-order valence-corrected chi connectivity index (χ2v) is 4.99. The SMILES string of the molecule is CCCC(Sc1ccc(N)cc1)C(=O)OCC. The topological polar surface area (TPSA) is 52.3 Å². The zero-order chi connectivity index (χ0) is 12.7. The van der Waals surface area contributed by atoms with Gasteiger partial charge < -0.3 is 10.5 Å². The fourth-order valence-corrected chi connectivity index (χ4v) is 2.57. The van der Waals surface area contributed by atoms with Gasteiger partial charge in [-0.15, -0.1) is 11.8 Å². The maximum Gasteiger partial charge on any atom is 0.319 e. The van der Waals surface area contributed by atoms with Gasteiger partial charge in [-0.2, -0.15) is 0 Å². The molecule has 0 fully saturated rings. The summed E-state index contributed by atoms with van der Waals surface area (Å²) < 4.78 is 5.07. The van der Waals surface area contributed by atoms with Crippen molar-refractivity contribution in [3.8, 4) is 0 Å². The molecule has 0 heterocycles. The van der Waals surface area contributed by atoms with Gasteiger partial charge in [0.25, 0.3) is 0 Å². The van der Waals surface area contributed by atoms with Gasteiger partial charge in [0.05, 0.1) is 6.61 Å². The van der Waals surface area contributed by atoms with Crippen LogP contribution in [0.15, 0.2) is 29.2 Å². The van der Waals surface area contributed by atoms with Crippen LogP contribution in [0.25, 0.3) is 0 Å². The Morgan fingerprint density at radius 3 is 2.53 bits per heavy atom. The van der Waals surface area contributed by atoms with E-state index in [1.165, 1.54) is 11.8 Å². The number of thioether (sulfide) groups is 1. The van der Waals surface area contributed by atoms with E-state index in [-0.39, 0.29) is 11.2 Å². The monoisotopic (exact) mass is 253 g/mol. The van der Waals surface area contributed by atoms with E-state index in [2.05, 4.69) is 6.92 Å². The zero-order valence-corrected chi connectivity index (χ0v) is 11.1. The van der Waals surface area contributed by atoms with Crippen LogP contribution in [0.2, 0.25) is 0 Å². The number of hydrogen-bond acceptors (Lipinski definition) is 4. The first-order valence-electron chi connectivity index (χ1n) is 5.86. The molecule has 0 aliphatic heterocycles. The van der Waals surface area contributed by atoms with Crippen molar-refractivity contribution >= 4 is 23.4 Å². The predicted octanol–water partition coefficient (Wildman–Crippen LogP) is 3.09. The number of nitrogen functional groups attached to an aromatic ring is 1. The molecule has 2 N–H and O–H groups in total. The molecule has 1 rings (SSSR count). The fourth-order valence-electron chi connectivity index (χ4n) is 1.43. The van der Waals surface area contributed by atoms with Gasteiger partial charge in [-0.25, -0.2) is 0 Å². The van der Waals surface area contributed by atoms with Crippen molar-refractivity contribution in [3.63, 3.8) is 0 Å². The van der Waals surface area contributed by atoms with Gasteiger partial charge in [0.1, 0.15) is 5.25 Å². The highest BCUT2D eigenvalue weighted by atomic mass is 32.2. The lowest BCUT2D eigenvalue weighted by molar-refractivity contribution is -0.142. The maximum absolute atomic E-state index is 11.7. The first-order chi connectivity index (χ1) is 8.17. The number of hydrogen-bond donors (Lipinski definition) is 1. The number of benzene rings is 1. The van der Waals surface area contributed by atoms with Gasteiger partial charge in [0.2, 0.25) is 0 Å². The Balaban J connectivity index is 2.65. The molecule has 0 saturated heterocycles. The van der Waals surface area contributed by atoms with Gasteiger partial charge in [0, 0.05) is 10.6 Å². The summed E-state index contributed by atoms with van der Waals surface area (Å²) >= 11 is 1.54. The van der Waals surface area contributed by atoms with Crippen LogP contribution in [-0.2, 0) is 9.53 Å². The molecule has 0 radical (unpaired) electrons. The van der Waals surface area contributed by atoms with E-state index in [1.807, 2.05) is 31.2 Å². The van der Waals surface area contributed by atoms with Crippen molar-refractivity contribution in [2.45, 2.75) is 36.8 Å². The van der Waals surface area contributed by atoms with Crippen molar-refractivity contribution in [3.05, 3.63) is 24.3 Å². The summed E-state index contributed by atoms with van der Waals surface area (Å²) in [6, 6.07) is 7.55. The highest BCUT2D eigenvalue weighted by Gasteiger charge is 2.19. The highest BCUT2D eigenvalue weighted by molar-refractivity contribution is 8.00. The summed E-state index contributed by atoms with van der Waals surface area (Å²) in [5.41, 5.74) is 6.36. The third kappa shape index (κ3) is 4.69. The summed E-state index contributed by atoms with van der Waals surface area (Å²) in [4.78, 5) is 12.8. The first kappa shape index (κ1) is 13.9. The molecule has 0 bridgehead atoms. The third-order valence-electron chi connectivity index (χ3n) is 2.26. The molecule has 1 atom stereocenters. The molecular weight excluding hydrogens is 234 g/mol. The quantitative estimate of drug-likeness (QED) is 0.481. The minimum absolute atomic E-state index is 0.122. The number of carbonyl (C=O) groups is 1. The minimum atomic E-state index is -0.129. The average molecular weight is 253 g/mol. The van der Waals surface area contributed by atoms with Crippen molar-refractivity contribution in [2.24, 2.45) is 0 Å². The molecule has 1 aromatic carbocycles. The molecule has 17 heavy (non-hydrogen) atoms. The lowest BCUT2D eigenvalue weighted by atomic mass is 10.2. The smallest absolute Gasteiger partial charge is 0.319 e.